The van der Waals surface area contributed by atoms with Crippen LogP contribution < -0.4 is 0 Å². The van der Waals surface area contributed by atoms with Gasteiger partial charge in [-0.05, 0) is 47.5 Å². The van der Waals surface area contributed by atoms with E-state index < -0.39 is 66.2 Å². The summed E-state index contributed by atoms with van der Waals surface area (Å²) in [7, 11) is 0. The fraction of sp³-hybridized carbons (Fsp3) is 0.240. The molecular formula is C25H24O12. The number of phenolic OH excluding ortho intramolecular Hbond substituents is 4. The number of rotatable bonds is 7. The largest absolute Gasteiger partial charge is 0.504 e. The molecular weight excluding hydrogens is 492 g/mol. The van der Waals surface area contributed by atoms with Crippen molar-refractivity contribution in [1.82, 2.24) is 0 Å². The maximum Gasteiger partial charge on any atom is 0.335 e. The summed E-state index contributed by atoms with van der Waals surface area (Å²) in [6, 6.07) is 7.50. The molecule has 1 saturated carbocycles. The highest BCUT2D eigenvalue weighted by atomic mass is 16.6. The van der Waals surface area contributed by atoms with Crippen molar-refractivity contribution >= 4 is 30.1 Å². The van der Waals surface area contributed by atoms with E-state index in [0.29, 0.717) is 11.1 Å². The first kappa shape index (κ1) is 27.0. The van der Waals surface area contributed by atoms with E-state index in [1.807, 2.05) is 0 Å². The molecule has 0 saturated heterocycles. The van der Waals surface area contributed by atoms with Crippen molar-refractivity contribution in [3.05, 3.63) is 59.7 Å². The highest BCUT2D eigenvalue weighted by molar-refractivity contribution is 5.88. The number of aliphatic hydroxyl groups is 2. The zero-order valence-corrected chi connectivity index (χ0v) is 19.1. The maximum absolute atomic E-state index is 12.4. The van der Waals surface area contributed by atoms with Crippen LogP contribution in [-0.4, -0.2) is 77.6 Å². The minimum atomic E-state index is -2.46. The molecule has 0 radical (unpaired) electrons. The lowest BCUT2D eigenvalue weighted by molar-refractivity contribution is -0.204. The Hall–Kier alpha value is -4.55. The molecule has 12 nitrogen and oxygen atoms in total. The summed E-state index contributed by atoms with van der Waals surface area (Å²) in [6.45, 7) is 0. The molecule has 7 N–H and O–H groups in total. The normalized spacial score (nSPS) is 23.7. The molecule has 1 fully saturated rings. The second-order valence-electron chi connectivity index (χ2n) is 8.35. The molecule has 0 spiro atoms. The monoisotopic (exact) mass is 516 g/mol. The second-order valence-corrected chi connectivity index (χ2v) is 8.35. The summed E-state index contributed by atoms with van der Waals surface area (Å²) < 4.78 is 10.4. The van der Waals surface area contributed by atoms with E-state index >= 15 is 0 Å². The van der Waals surface area contributed by atoms with Crippen molar-refractivity contribution in [2.24, 2.45) is 0 Å². The minimum absolute atomic E-state index is 0.311. The summed E-state index contributed by atoms with van der Waals surface area (Å²) in [4.78, 5) is 36.3. The first-order valence-corrected chi connectivity index (χ1v) is 10.8. The van der Waals surface area contributed by atoms with Gasteiger partial charge in [0.2, 0.25) is 0 Å². The van der Waals surface area contributed by atoms with Gasteiger partial charge in [-0.1, -0.05) is 12.1 Å². The van der Waals surface area contributed by atoms with Gasteiger partial charge in [-0.2, -0.15) is 0 Å². The number of hydrogen-bond acceptors (Lipinski definition) is 11. The van der Waals surface area contributed by atoms with Gasteiger partial charge in [0.1, 0.15) is 6.10 Å². The number of esters is 2. The lowest BCUT2D eigenvalue weighted by Crippen LogP contribution is -2.58. The Bertz CT molecular complexity index is 1250. The fourth-order valence-corrected chi connectivity index (χ4v) is 3.66. The molecule has 37 heavy (non-hydrogen) atoms. The topological polar surface area (TPSA) is 211 Å². The zero-order chi connectivity index (χ0) is 27.3. The summed E-state index contributed by atoms with van der Waals surface area (Å²) in [5.41, 5.74) is -1.82. The molecule has 2 aromatic carbocycles. The number of aliphatic hydroxyl groups excluding tert-OH is 1. The predicted octanol–water partition coefficient (Wildman–Crippen LogP) is 1.03. The number of carbonyl (C=O) groups is 3. The van der Waals surface area contributed by atoms with Crippen molar-refractivity contribution in [2.75, 3.05) is 0 Å². The van der Waals surface area contributed by atoms with Crippen LogP contribution in [0.25, 0.3) is 12.2 Å². The average molecular weight is 516 g/mol. The highest BCUT2D eigenvalue weighted by Gasteiger charge is 2.52. The lowest BCUT2D eigenvalue weighted by atomic mass is 9.79. The fourth-order valence-electron chi connectivity index (χ4n) is 3.66. The van der Waals surface area contributed by atoms with Gasteiger partial charge < -0.3 is 45.2 Å². The van der Waals surface area contributed by atoms with Gasteiger partial charge in [0.25, 0.3) is 0 Å². The van der Waals surface area contributed by atoms with Gasteiger partial charge in [0, 0.05) is 25.0 Å². The summed E-state index contributed by atoms with van der Waals surface area (Å²) in [6.07, 6.45) is -1.86. The van der Waals surface area contributed by atoms with Crippen LogP contribution in [-0.2, 0) is 23.9 Å². The summed E-state index contributed by atoms with van der Waals surface area (Å²) >= 11 is 0. The van der Waals surface area contributed by atoms with E-state index in [9.17, 15) is 50.1 Å². The van der Waals surface area contributed by atoms with Gasteiger partial charge in [0.05, 0.1) is 6.10 Å². The van der Waals surface area contributed by atoms with Crippen molar-refractivity contribution in [3.8, 4) is 23.0 Å². The molecule has 2 aromatic rings. The standard InChI is InChI=1S/C25H24O12/c26-15-5-1-13(9-17(15)28)3-7-21(31)36-20-12-25(35,24(33)34)11-19(30)23(20)37-22(32)8-4-14-2-6-16(27)18(29)10-14/h1-10,19-20,23,26-30,35H,11-12H2,(H,33,34)/b7-3+,8-4+/t19?,20?,23-,25+/m0/s1. The Labute approximate surface area is 209 Å². The number of phenols is 4. The number of carbonyl (C=O) groups excluding carboxylic acids is 2. The summed E-state index contributed by atoms with van der Waals surface area (Å²) in [5, 5.41) is 68.0. The molecule has 2 unspecified atom stereocenters. The van der Waals surface area contributed by atoms with Crippen LogP contribution >= 0.6 is 0 Å². The number of benzene rings is 2. The number of aromatic hydroxyl groups is 4. The smallest absolute Gasteiger partial charge is 0.335 e. The first-order chi connectivity index (χ1) is 17.4. The van der Waals surface area contributed by atoms with Crippen molar-refractivity contribution in [1.29, 1.82) is 0 Å². The van der Waals surface area contributed by atoms with Gasteiger partial charge in [-0.25, -0.2) is 14.4 Å². The molecule has 0 aliphatic heterocycles. The van der Waals surface area contributed by atoms with Crippen LogP contribution in [0.15, 0.2) is 48.6 Å². The Morgan fingerprint density at radius 1 is 0.784 bits per heavy atom. The maximum atomic E-state index is 12.4. The number of carboxylic acid groups (broad SMARTS) is 1. The number of hydrogen-bond donors (Lipinski definition) is 7. The predicted molar refractivity (Wildman–Crippen MR) is 125 cm³/mol. The van der Waals surface area contributed by atoms with E-state index in [0.717, 1.165) is 18.2 Å². The molecule has 4 atom stereocenters. The van der Waals surface area contributed by atoms with Gasteiger partial charge in [-0.15, -0.1) is 0 Å². The van der Waals surface area contributed by atoms with E-state index in [1.54, 1.807) is 0 Å². The van der Waals surface area contributed by atoms with Gasteiger partial charge in [-0.3, -0.25) is 0 Å². The number of carboxylic acids is 1. The molecule has 1 aliphatic rings. The minimum Gasteiger partial charge on any atom is -0.504 e. The molecule has 0 heterocycles. The van der Waals surface area contributed by atoms with Gasteiger partial charge >= 0.3 is 17.9 Å². The van der Waals surface area contributed by atoms with Crippen molar-refractivity contribution < 1.29 is 59.6 Å². The first-order valence-electron chi connectivity index (χ1n) is 10.8. The third-order valence-corrected chi connectivity index (χ3v) is 5.57. The molecule has 196 valence electrons. The van der Waals surface area contributed by atoms with Crippen LogP contribution in [0, 0.1) is 0 Å². The Kier molecular flexibility index (Phi) is 8.05. The lowest BCUT2D eigenvalue weighted by Gasteiger charge is -2.40. The molecule has 1 aliphatic carbocycles. The Balaban J connectivity index is 1.75. The van der Waals surface area contributed by atoms with E-state index in [-0.39, 0.29) is 11.5 Å². The van der Waals surface area contributed by atoms with Crippen LogP contribution in [0.2, 0.25) is 0 Å². The Morgan fingerprint density at radius 2 is 1.27 bits per heavy atom. The second kappa shape index (κ2) is 11.0. The molecule has 12 heteroatoms. The van der Waals surface area contributed by atoms with Gasteiger partial charge in [0.15, 0.2) is 34.7 Å². The number of aliphatic carboxylic acids is 1. The molecule has 0 aromatic heterocycles. The molecule has 0 amide bonds. The highest BCUT2D eigenvalue weighted by Crippen LogP contribution is 2.33. The average Bonchev–Trinajstić information content (AvgIpc) is 2.82. The van der Waals surface area contributed by atoms with E-state index in [4.69, 9.17) is 9.47 Å². The molecule has 0 bridgehead atoms. The van der Waals surface area contributed by atoms with Crippen LogP contribution in [0.3, 0.4) is 0 Å². The van der Waals surface area contributed by atoms with Crippen molar-refractivity contribution in [2.45, 2.75) is 36.8 Å². The quantitative estimate of drug-likeness (QED) is 0.156. The van der Waals surface area contributed by atoms with Crippen LogP contribution in [0.1, 0.15) is 24.0 Å². The molecule has 3 rings (SSSR count). The van der Waals surface area contributed by atoms with E-state index in [1.165, 1.54) is 42.5 Å². The van der Waals surface area contributed by atoms with E-state index in [2.05, 4.69) is 0 Å². The van der Waals surface area contributed by atoms with Crippen LogP contribution in [0.5, 0.6) is 23.0 Å². The van der Waals surface area contributed by atoms with Crippen molar-refractivity contribution in [3.63, 3.8) is 0 Å². The van der Waals surface area contributed by atoms with Crippen LogP contribution in [0.4, 0.5) is 0 Å². The third-order valence-electron chi connectivity index (χ3n) is 5.57. The Morgan fingerprint density at radius 3 is 1.73 bits per heavy atom. The third kappa shape index (κ3) is 6.78. The number of ether oxygens (including phenoxy) is 2. The zero-order valence-electron chi connectivity index (χ0n) is 19.1. The summed E-state index contributed by atoms with van der Waals surface area (Å²) in [5.74, 6) is -5.29. The SMILES string of the molecule is O=C(/C=C/c1ccc(O)c(O)c1)OC1C[C@@](O)(C(=O)O)CC(O)[C@@H]1OC(=O)/C=C/c1ccc(O)c(O)c1.